The van der Waals surface area contributed by atoms with Gasteiger partial charge in [0.15, 0.2) is 17.6 Å². The number of rotatable bonds is 8. The number of hydrogen-bond acceptors (Lipinski definition) is 4. The number of para-hydroxylation sites is 2. The zero-order valence-electron chi connectivity index (χ0n) is 13.6. The molecule has 0 aliphatic heterocycles. The number of hydrogen-bond donors (Lipinski definition) is 1. The lowest BCUT2D eigenvalue weighted by Crippen LogP contribution is -2.38. The monoisotopic (exact) mass is 349 g/mol. The third kappa shape index (κ3) is 5.35. The summed E-state index contributed by atoms with van der Waals surface area (Å²) in [5.41, 5.74) is 0. The van der Waals surface area contributed by atoms with Crippen LogP contribution in [0.4, 0.5) is 0 Å². The van der Waals surface area contributed by atoms with Crippen molar-refractivity contribution in [3.63, 3.8) is 0 Å². The summed E-state index contributed by atoms with van der Waals surface area (Å²) in [6, 6.07) is 14.2. The van der Waals surface area contributed by atoms with Gasteiger partial charge in [0, 0.05) is 5.02 Å². The van der Waals surface area contributed by atoms with E-state index in [2.05, 4.69) is 5.32 Å². The molecule has 2 aromatic rings. The first kappa shape index (κ1) is 17.9. The summed E-state index contributed by atoms with van der Waals surface area (Å²) in [4.78, 5) is 12.0. The normalized spacial score (nSPS) is 11.5. The van der Waals surface area contributed by atoms with Gasteiger partial charge in [0.25, 0.3) is 5.91 Å². The van der Waals surface area contributed by atoms with Gasteiger partial charge in [-0.05, 0) is 43.3 Å². The van der Waals surface area contributed by atoms with Crippen LogP contribution >= 0.6 is 11.6 Å². The van der Waals surface area contributed by atoms with E-state index in [9.17, 15) is 4.79 Å². The molecule has 128 valence electrons. The van der Waals surface area contributed by atoms with Crippen LogP contribution in [0.15, 0.2) is 48.5 Å². The van der Waals surface area contributed by atoms with Crippen LogP contribution in [0.2, 0.25) is 5.02 Å². The fourth-order valence-corrected chi connectivity index (χ4v) is 2.11. The molecule has 0 bridgehead atoms. The van der Waals surface area contributed by atoms with Gasteiger partial charge in [-0.3, -0.25) is 4.79 Å². The Kier molecular flexibility index (Phi) is 6.75. The average molecular weight is 350 g/mol. The van der Waals surface area contributed by atoms with E-state index in [0.717, 1.165) is 0 Å². The molecule has 0 aliphatic rings. The predicted octanol–water partition coefficient (Wildman–Crippen LogP) is 3.31. The summed E-state index contributed by atoms with van der Waals surface area (Å²) in [6.45, 7) is 2.38. The largest absolute Gasteiger partial charge is 0.493 e. The van der Waals surface area contributed by atoms with Gasteiger partial charge in [0.05, 0.1) is 13.7 Å². The third-order valence-corrected chi connectivity index (χ3v) is 3.48. The number of halogens is 1. The van der Waals surface area contributed by atoms with Crippen LogP contribution in [0.3, 0.4) is 0 Å². The van der Waals surface area contributed by atoms with Crippen LogP contribution in [0.5, 0.6) is 17.2 Å². The van der Waals surface area contributed by atoms with Crippen LogP contribution < -0.4 is 19.5 Å². The van der Waals surface area contributed by atoms with Gasteiger partial charge in [0.2, 0.25) is 0 Å². The third-order valence-electron chi connectivity index (χ3n) is 3.22. The van der Waals surface area contributed by atoms with Crippen molar-refractivity contribution in [3.05, 3.63) is 53.6 Å². The van der Waals surface area contributed by atoms with Crippen molar-refractivity contribution >= 4 is 17.5 Å². The van der Waals surface area contributed by atoms with E-state index in [1.807, 2.05) is 24.3 Å². The Labute approximate surface area is 146 Å². The minimum atomic E-state index is -0.613. The number of carbonyl (C=O) groups is 1. The van der Waals surface area contributed by atoms with Crippen LogP contribution in [-0.4, -0.2) is 32.3 Å². The highest BCUT2D eigenvalue weighted by molar-refractivity contribution is 6.30. The fourth-order valence-electron chi connectivity index (χ4n) is 1.99. The molecule has 0 spiro atoms. The highest BCUT2D eigenvalue weighted by Gasteiger charge is 2.14. The number of carbonyl (C=O) groups excluding carboxylic acids is 1. The van der Waals surface area contributed by atoms with Gasteiger partial charge in [-0.2, -0.15) is 0 Å². The molecule has 0 radical (unpaired) electrons. The van der Waals surface area contributed by atoms with Crippen molar-refractivity contribution in [2.75, 3.05) is 20.3 Å². The summed E-state index contributed by atoms with van der Waals surface area (Å²) < 4.78 is 16.3. The molecule has 0 heterocycles. The number of ether oxygens (including phenoxy) is 3. The molecule has 24 heavy (non-hydrogen) atoms. The van der Waals surface area contributed by atoms with Gasteiger partial charge in [0.1, 0.15) is 12.4 Å². The second-order valence-corrected chi connectivity index (χ2v) is 5.44. The Morgan fingerprint density at radius 3 is 2.46 bits per heavy atom. The molecular formula is C18H20ClNO4. The first-order chi connectivity index (χ1) is 11.6. The lowest BCUT2D eigenvalue weighted by molar-refractivity contribution is -0.127. The van der Waals surface area contributed by atoms with Crippen LogP contribution in [0.1, 0.15) is 6.92 Å². The van der Waals surface area contributed by atoms with E-state index < -0.39 is 6.10 Å². The van der Waals surface area contributed by atoms with Gasteiger partial charge < -0.3 is 19.5 Å². The maximum atomic E-state index is 12.0. The van der Waals surface area contributed by atoms with E-state index in [1.54, 1.807) is 38.3 Å². The maximum absolute atomic E-state index is 12.0. The maximum Gasteiger partial charge on any atom is 0.260 e. The lowest BCUT2D eigenvalue weighted by Gasteiger charge is -2.15. The minimum absolute atomic E-state index is 0.214. The van der Waals surface area contributed by atoms with E-state index >= 15 is 0 Å². The van der Waals surface area contributed by atoms with Gasteiger partial charge in [-0.15, -0.1) is 0 Å². The van der Waals surface area contributed by atoms with Crippen molar-refractivity contribution in [3.8, 4) is 17.2 Å². The van der Waals surface area contributed by atoms with Crippen molar-refractivity contribution in [2.24, 2.45) is 0 Å². The molecule has 1 N–H and O–H groups in total. The zero-order valence-corrected chi connectivity index (χ0v) is 14.4. The molecule has 5 nitrogen and oxygen atoms in total. The molecular weight excluding hydrogens is 330 g/mol. The van der Waals surface area contributed by atoms with Crippen molar-refractivity contribution in [1.82, 2.24) is 5.32 Å². The summed E-state index contributed by atoms with van der Waals surface area (Å²) in [7, 11) is 1.58. The van der Waals surface area contributed by atoms with Crippen molar-refractivity contribution in [2.45, 2.75) is 13.0 Å². The highest BCUT2D eigenvalue weighted by atomic mass is 35.5. The van der Waals surface area contributed by atoms with Gasteiger partial charge in [-0.1, -0.05) is 23.7 Å². The van der Waals surface area contributed by atoms with Crippen LogP contribution in [-0.2, 0) is 4.79 Å². The van der Waals surface area contributed by atoms with E-state index in [-0.39, 0.29) is 5.91 Å². The zero-order chi connectivity index (χ0) is 17.4. The Morgan fingerprint density at radius 2 is 1.79 bits per heavy atom. The molecule has 1 amide bonds. The molecule has 0 saturated carbocycles. The van der Waals surface area contributed by atoms with Crippen LogP contribution in [0, 0.1) is 0 Å². The molecule has 2 rings (SSSR count). The summed E-state index contributed by atoms with van der Waals surface area (Å²) in [5, 5.41) is 3.38. The Morgan fingerprint density at radius 1 is 1.12 bits per heavy atom. The number of benzene rings is 2. The number of methoxy groups -OCH3 is 1. The van der Waals surface area contributed by atoms with E-state index in [4.69, 9.17) is 25.8 Å². The Bertz CT molecular complexity index is 660. The summed E-state index contributed by atoms with van der Waals surface area (Å²) in [5.74, 6) is 1.67. The summed E-state index contributed by atoms with van der Waals surface area (Å²) in [6.07, 6.45) is -0.613. The molecule has 0 fully saturated rings. The second kappa shape index (κ2) is 9.03. The minimum Gasteiger partial charge on any atom is -0.493 e. The van der Waals surface area contributed by atoms with Crippen LogP contribution in [0.25, 0.3) is 0 Å². The van der Waals surface area contributed by atoms with Gasteiger partial charge in [-0.25, -0.2) is 0 Å². The highest BCUT2D eigenvalue weighted by Crippen LogP contribution is 2.25. The first-order valence-electron chi connectivity index (χ1n) is 7.56. The first-order valence-corrected chi connectivity index (χ1v) is 7.93. The lowest BCUT2D eigenvalue weighted by atomic mass is 10.3. The summed E-state index contributed by atoms with van der Waals surface area (Å²) >= 11 is 5.81. The molecule has 1 unspecified atom stereocenters. The Balaban J connectivity index is 1.73. The average Bonchev–Trinajstić information content (AvgIpc) is 2.60. The SMILES string of the molecule is COc1ccccc1OCCNC(=O)C(C)Oc1ccc(Cl)cc1. The molecule has 1 atom stereocenters. The number of amides is 1. The number of nitrogens with one attached hydrogen (secondary N) is 1. The second-order valence-electron chi connectivity index (χ2n) is 5.00. The molecule has 6 heteroatoms. The topological polar surface area (TPSA) is 56.8 Å². The predicted molar refractivity (Wildman–Crippen MR) is 93.0 cm³/mol. The smallest absolute Gasteiger partial charge is 0.260 e. The van der Waals surface area contributed by atoms with E-state index in [1.165, 1.54) is 0 Å². The Hall–Kier alpha value is -2.40. The molecule has 2 aromatic carbocycles. The molecule has 0 saturated heterocycles. The standard InChI is InChI=1S/C18H20ClNO4/c1-13(24-15-9-7-14(19)8-10-15)18(21)20-11-12-23-17-6-4-3-5-16(17)22-2/h3-10,13H,11-12H2,1-2H3,(H,20,21). The molecule has 0 aromatic heterocycles. The van der Waals surface area contributed by atoms with Gasteiger partial charge >= 0.3 is 0 Å². The van der Waals surface area contributed by atoms with Crippen molar-refractivity contribution < 1.29 is 19.0 Å². The van der Waals surface area contributed by atoms with E-state index in [0.29, 0.717) is 35.4 Å². The molecule has 0 aliphatic carbocycles. The quantitative estimate of drug-likeness (QED) is 0.743. The van der Waals surface area contributed by atoms with Crippen molar-refractivity contribution in [1.29, 1.82) is 0 Å². The fraction of sp³-hybridized carbons (Fsp3) is 0.278.